The van der Waals surface area contributed by atoms with E-state index in [-0.39, 0.29) is 0 Å². The van der Waals surface area contributed by atoms with Crippen molar-refractivity contribution in [3.8, 4) is 11.5 Å². The monoisotopic (exact) mass is 309 g/mol. The molecule has 0 heterocycles. The lowest BCUT2D eigenvalue weighted by Gasteiger charge is -2.07. The molecule has 0 amide bonds. The highest BCUT2D eigenvalue weighted by Gasteiger charge is 2.00. The van der Waals surface area contributed by atoms with Gasteiger partial charge in [-0.05, 0) is 60.7 Å². The molecule has 1 nitrogen and oxygen atoms in total. The van der Waals surface area contributed by atoms with E-state index in [1.54, 1.807) is 11.8 Å². The summed E-state index contributed by atoms with van der Waals surface area (Å²) < 4.78 is 5.78. The molecule has 21 heavy (non-hydrogen) atoms. The molecular formula is C18H13OS2. The van der Waals surface area contributed by atoms with E-state index in [0.717, 1.165) is 16.4 Å². The van der Waals surface area contributed by atoms with Gasteiger partial charge in [-0.3, -0.25) is 0 Å². The maximum absolute atomic E-state index is 5.78. The van der Waals surface area contributed by atoms with Crippen molar-refractivity contribution < 1.29 is 4.74 Å². The Bertz CT molecular complexity index is 692. The standard InChI is InChI=1S/C18H13OS2/c20-16-10-6-14(7-11-16)19-15-8-12-18(13-9-15)21-17-4-2-1-3-5-17/h1-13H. The highest BCUT2D eigenvalue weighted by molar-refractivity contribution is 7.99. The minimum absolute atomic E-state index is 0.798. The first-order valence-electron chi connectivity index (χ1n) is 6.57. The molecule has 0 spiro atoms. The fraction of sp³-hybridized carbons (Fsp3) is 0. The van der Waals surface area contributed by atoms with E-state index in [4.69, 9.17) is 17.4 Å². The molecule has 0 aromatic heterocycles. The Morgan fingerprint density at radius 2 is 1.14 bits per heavy atom. The number of hydrogen-bond acceptors (Lipinski definition) is 2. The first-order chi connectivity index (χ1) is 10.3. The molecule has 103 valence electrons. The van der Waals surface area contributed by atoms with Gasteiger partial charge in [0, 0.05) is 14.7 Å². The number of rotatable bonds is 4. The summed E-state index contributed by atoms with van der Waals surface area (Å²) in [5.41, 5.74) is 0. The van der Waals surface area contributed by atoms with Crippen LogP contribution in [-0.2, 0) is 0 Å². The normalized spacial score (nSPS) is 10.3. The lowest BCUT2D eigenvalue weighted by molar-refractivity contribution is 0.482. The zero-order valence-electron chi connectivity index (χ0n) is 11.2. The molecule has 0 unspecified atom stereocenters. The van der Waals surface area contributed by atoms with Gasteiger partial charge in [0.05, 0.1) is 0 Å². The first kappa shape index (κ1) is 14.0. The zero-order valence-corrected chi connectivity index (χ0v) is 12.9. The van der Waals surface area contributed by atoms with Gasteiger partial charge in [-0.1, -0.05) is 42.6 Å². The van der Waals surface area contributed by atoms with Crippen molar-refractivity contribution in [1.82, 2.24) is 0 Å². The number of hydrogen-bond donors (Lipinski definition) is 0. The second-order valence-electron chi connectivity index (χ2n) is 4.46. The van der Waals surface area contributed by atoms with Crippen molar-refractivity contribution in [3.63, 3.8) is 0 Å². The second kappa shape index (κ2) is 6.66. The van der Waals surface area contributed by atoms with E-state index in [1.807, 2.05) is 54.6 Å². The zero-order chi connectivity index (χ0) is 14.5. The van der Waals surface area contributed by atoms with Gasteiger partial charge in [0.25, 0.3) is 0 Å². The third kappa shape index (κ3) is 4.00. The number of ether oxygens (including phenoxy) is 1. The molecule has 0 aliphatic rings. The van der Waals surface area contributed by atoms with Crippen molar-refractivity contribution in [2.75, 3.05) is 0 Å². The SMILES string of the molecule is [S]c1ccc(Oc2ccc(Sc3ccccc3)cc2)cc1. The fourth-order valence-corrected chi connectivity index (χ4v) is 2.82. The molecule has 1 radical (unpaired) electrons. The molecule has 3 aromatic carbocycles. The average Bonchev–Trinajstić information content (AvgIpc) is 2.53. The Labute approximate surface area is 134 Å². The number of benzene rings is 3. The van der Waals surface area contributed by atoms with Gasteiger partial charge in [0.1, 0.15) is 11.5 Å². The van der Waals surface area contributed by atoms with Crippen LogP contribution >= 0.6 is 24.4 Å². The maximum atomic E-state index is 5.78. The predicted octanol–water partition coefficient (Wildman–Crippen LogP) is 6.19. The summed E-state index contributed by atoms with van der Waals surface area (Å²) in [6, 6.07) is 25.9. The molecule has 0 bridgehead atoms. The van der Waals surface area contributed by atoms with Gasteiger partial charge in [0.2, 0.25) is 0 Å². The van der Waals surface area contributed by atoms with Gasteiger partial charge in [-0.25, -0.2) is 0 Å². The van der Waals surface area contributed by atoms with E-state index >= 15 is 0 Å². The summed E-state index contributed by atoms with van der Waals surface area (Å²) in [7, 11) is 0. The van der Waals surface area contributed by atoms with Crippen molar-refractivity contribution in [1.29, 1.82) is 0 Å². The summed E-state index contributed by atoms with van der Waals surface area (Å²) in [6.45, 7) is 0. The third-order valence-corrected chi connectivity index (χ3v) is 4.15. The molecule has 3 heteroatoms. The molecule has 0 aliphatic carbocycles. The van der Waals surface area contributed by atoms with Crippen LogP contribution in [0.5, 0.6) is 11.5 Å². The largest absolute Gasteiger partial charge is 0.457 e. The molecule has 3 rings (SSSR count). The minimum atomic E-state index is 0.798. The fourth-order valence-electron chi connectivity index (χ4n) is 1.84. The third-order valence-electron chi connectivity index (χ3n) is 2.86. The Balaban J connectivity index is 1.68. The van der Waals surface area contributed by atoms with Crippen molar-refractivity contribution >= 4 is 24.4 Å². The van der Waals surface area contributed by atoms with Crippen LogP contribution in [0.3, 0.4) is 0 Å². The van der Waals surface area contributed by atoms with Crippen LogP contribution in [-0.4, -0.2) is 0 Å². The molecular weight excluding hydrogens is 296 g/mol. The lowest BCUT2D eigenvalue weighted by atomic mass is 10.3. The molecule has 0 aliphatic heterocycles. The molecule has 0 saturated heterocycles. The predicted molar refractivity (Wildman–Crippen MR) is 89.4 cm³/mol. The highest BCUT2D eigenvalue weighted by atomic mass is 32.2. The van der Waals surface area contributed by atoms with Crippen LogP contribution in [0.2, 0.25) is 0 Å². The van der Waals surface area contributed by atoms with E-state index < -0.39 is 0 Å². The van der Waals surface area contributed by atoms with Gasteiger partial charge in [-0.15, -0.1) is 0 Å². The van der Waals surface area contributed by atoms with Crippen LogP contribution in [0, 0.1) is 0 Å². The van der Waals surface area contributed by atoms with E-state index in [1.165, 1.54) is 9.79 Å². The van der Waals surface area contributed by atoms with Crippen molar-refractivity contribution in [2.24, 2.45) is 0 Å². The molecule has 0 atom stereocenters. The lowest BCUT2D eigenvalue weighted by Crippen LogP contribution is -1.83. The summed E-state index contributed by atoms with van der Waals surface area (Å²) in [4.78, 5) is 3.23. The van der Waals surface area contributed by atoms with Crippen molar-refractivity contribution in [2.45, 2.75) is 14.7 Å². The summed E-state index contributed by atoms with van der Waals surface area (Å²) in [5.74, 6) is 1.62. The van der Waals surface area contributed by atoms with Crippen LogP contribution in [0.4, 0.5) is 0 Å². The van der Waals surface area contributed by atoms with Crippen LogP contribution in [0.25, 0.3) is 0 Å². The minimum Gasteiger partial charge on any atom is -0.457 e. The van der Waals surface area contributed by atoms with Gasteiger partial charge < -0.3 is 4.74 Å². The van der Waals surface area contributed by atoms with Gasteiger partial charge >= 0.3 is 0 Å². The average molecular weight is 309 g/mol. The van der Waals surface area contributed by atoms with Crippen molar-refractivity contribution in [3.05, 3.63) is 78.9 Å². The van der Waals surface area contributed by atoms with Crippen LogP contribution in [0.1, 0.15) is 0 Å². The summed E-state index contributed by atoms with van der Waals surface area (Å²) in [5, 5.41) is 0. The Morgan fingerprint density at radius 1 is 0.619 bits per heavy atom. The molecule has 3 aromatic rings. The van der Waals surface area contributed by atoms with E-state index in [9.17, 15) is 0 Å². The molecule has 0 N–H and O–H groups in total. The van der Waals surface area contributed by atoms with Gasteiger partial charge in [-0.2, -0.15) is 0 Å². The Kier molecular flexibility index (Phi) is 4.43. The van der Waals surface area contributed by atoms with E-state index in [0.29, 0.717) is 0 Å². The smallest absolute Gasteiger partial charge is 0.127 e. The Morgan fingerprint density at radius 3 is 1.76 bits per heavy atom. The van der Waals surface area contributed by atoms with Gasteiger partial charge in [0.15, 0.2) is 0 Å². The summed E-state index contributed by atoms with van der Waals surface area (Å²) in [6.07, 6.45) is 0. The first-order valence-corrected chi connectivity index (χ1v) is 7.80. The second-order valence-corrected chi connectivity index (χ2v) is 6.08. The maximum Gasteiger partial charge on any atom is 0.127 e. The summed E-state index contributed by atoms with van der Waals surface area (Å²) >= 11 is 6.79. The van der Waals surface area contributed by atoms with Crippen LogP contribution in [0.15, 0.2) is 93.5 Å². The quantitative estimate of drug-likeness (QED) is 0.568. The molecule has 0 saturated carbocycles. The Hall–Kier alpha value is -1.97. The highest BCUT2D eigenvalue weighted by Crippen LogP contribution is 2.30. The molecule has 0 fully saturated rings. The van der Waals surface area contributed by atoms with E-state index in [2.05, 4.69) is 24.3 Å². The topological polar surface area (TPSA) is 9.23 Å². The van der Waals surface area contributed by atoms with Crippen LogP contribution < -0.4 is 4.74 Å².